The van der Waals surface area contributed by atoms with Gasteiger partial charge in [-0.05, 0) is 42.9 Å². The number of benzene rings is 1. The van der Waals surface area contributed by atoms with Crippen molar-refractivity contribution in [2.45, 2.75) is 32.1 Å². The van der Waals surface area contributed by atoms with Crippen molar-refractivity contribution in [1.82, 2.24) is 0 Å². The molecule has 2 nitrogen and oxygen atoms in total. The summed E-state index contributed by atoms with van der Waals surface area (Å²) < 4.78 is 0.920. The van der Waals surface area contributed by atoms with Crippen molar-refractivity contribution in [2.75, 3.05) is 0 Å². The zero-order valence-electron chi connectivity index (χ0n) is 10.0. The highest BCUT2D eigenvalue weighted by atomic mass is 79.9. The van der Waals surface area contributed by atoms with Crippen LogP contribution in [0, 0.1) is 11.8 Å². The summed E-state index contributed by atoms with van der Waals surface area (Å²) in [6.07, 6.45) is 4.91. The topological polar surface area (TPSA) is 37.3 Å². The Labute approximate surface area is 120 Å². The molecule has 0 radical (unpaired) electrons. The minimum absolute atomic E-state index is 0.300. The van der Waals surface area contributed by atoms with E-state index in [1.165, 1.54) is 0 Å². The molecule has 1 fully saturated rings. The van der Waals surface area contributed by atoms with Gasteiger partial charge >= 0.3 is 5.97 Å². The van der Waals surface area contributed by atoms with E-state index in [1.54, 1.807) is 0 Å². The molecule has 1 unspecified atom stereocenters. The maximum atomic E-state index is 11.4. The number of hydrogen-bond acceptors (Lipinski definition) is 1. The van der Waals surface area contributed by atoms with Crippen molar-refractivity contribution in [1.29, 1.82) is 0 Å². The van der Waals surface area contributed by atoms with Gasteiger partial charge in [-0.15, -0.1) is 0 Å². The van der Waals surface area contributed by atoms with Crippen molar-refractivity contribution >= 4 is 33.5 Å². The molecule has 0 amide bonds. The van der Waals surface area contributed by atoms with Gasteiger partial charge < -0.3 is 5.11 Å². The first-order valence-electron chi connectivity index (χ1n) is 6.24. The number of aliphatic carboxylic acids is 1. The average Bonchev–Trinajstić information content (AvgIpc) is 2.80. The van der Waals surface area contributed by atoms with Gasteiger partial charge in [0.15, 0.2) is 0 Å². The molecule has 0 aromatic heterocycles. The maximum Gasteiger partial charge on any atom is 0.307 e. The fourth-order valence-electron chi connectivity index (χ4n) is 2.74. The minimum Gasteiger partial charge on any atom is -0.481 e. The molecule has 0 saturated heterocycles. The number of rotatable bonds is 4. The standard InChI is InChI=1S/C14H16BrClO2/c15-11-6-5-10(13(16)8-11)7-12(14(17)18)9-3-1-2-4-9/h5-6,8-9,12H,1-4,7H2,(H,17,18). The molecule has 1 saturated carbocycles. The van der Waals surface area contributed by atoms with E-state index in [0.717, 1.165) is 35.7 Å². The number of carboxylic acids is 1. The fraction of sp³-hybridized carbons (Fsp3) is 0.500. The molecule has 1 N–H and O–H groups in total. The molecule has 1 atom stereocenters. The first-order valence-corrected chi connectivity index (χ1v) is 7.41. The third kappa shape index (κ3) is 3.27. The van der Waals surface area contributed by atoms with E-state index in [4.69, 9.17) is 11.6 Å². The first kappa shape index (κ1) is 13.9. The summed E-state index contributed by atoms with van der Waals surface area (Å²) >= 11 is 9.52. The second-order valence-corrected chi connectivity index (χ2v) is 6.25. The van der Waals surface area contributed by atoms with Gasteiger partial charge in [0.05, 0.1) is 5.92 Å². The molecule has 1 aromatic rings. The Morgan fingerprint density at radius 2 is 2.11 bits per heavy atom. The highest BCUT2D eigenvalue weighted by Gasteiger charge is 2.30. The molecule has 18 heavy (non-hydrogen) atoms. The van der Waals surface area contributed by atoms with Crippen LogP contribution in [-0.2, 0) is 11.2 Å². The predicted molar refractivity (Wildman–Crippen MR) is 75.9 cm³/mol. The van der Waals surface area contributed by atoms with E-state index in [9.17, 15) is 9.90 Å². The highest BCUT2D eigenvalue weighted by molar-refractivity contribution is 9.10. The molecule has 98 valence electrons. The monoisotopic (exact) mass is 330 g/mol. The van der Waals surface area contributed by atoms with Crippen LogP contribution < -0.4 is 0 Å². The van der Waals surface area contributed by atoms with E-state index in [0.29, 0.717) is 17.4 Å². The largest absolute Gasteiger partial charge is 0.481 e. The molecule has 4 heteroatoms. The van der Waals surface area contributed by atoms with Gasteiger partial charge in [0.25, 0.3) is 0 Å². The molecule has 1 aliphatic rings. The van der Waals surface area contributed by atoms with Crippen LogP contribution in [0.4, 0.5) is 0 Å². The van der Waals surface area contributed by atoms with E-state index in [2.05, 4.69) is 15.9 Å². The van der Waals surface area contributed by atoms with Crippen molar-refractivity contribution < 1.29 is 9.90 Å². The van der Waals surface area contributed by atoms with Gasteiger partial charge in [-0.3, -0.25) is 4.79 Å². The van der Waals surface area contributed by atoms with Crippen LogP contribution in [0.2, 0.25) is 5.02 Å². The Hall–Kier alpha value is -0.540. The predicted octanol–water partition coefficient (Wildman–Crippen LogP) is 4.54. The number of carboxylic acid groups (broad SMARTS) is 1. The normalized spacial score (nSPS) is 17.9. The lowest BCUT2D eigenvalue weighted by atomic mass is 9.86. The van der Waals surface area contributed by atoms with Gasteiger partial charge in [0.1, 0.15) is 0 Å². The van der Waals surface area contributed by atoms with Crippen LogP contribution in [0.5, 0.6) is 0 Å². The zero-order valence-corrected chi connectivity index (χ0v) is 12.4. The van der Waals surface area contributed by atoms with E-state index >= 15 is 0 Å². The van der Waals surface area contributed by atoms with Gasteiger partial charge in [-0.2, -0.15) is 0 Å². The Kier molecular flexibility index (Phi) is 4.68. The Balaban J connectivity index is 2.15. The van der Waals surface area contributed by atoms with Crippen molar-refractivity contribution in [3.05, 3.63) is 33.3 Å². The van der Waals surface area contributed by atoms with Crippen LogP contribution in [-0.4, -0.2) is 11.1 Å². The molecule has 1 aromatic carbocycles. The van der Waals surface area contributed by atoms with E-state index in [1.807, 2.05) is 18.2 Å². The Morgan fingerprint density at radius 1 is 1.44 bits per heavy atom. The highest BCUT2D eigenvalue weighted by Crippen LogP contribution is 2.35. The van der Waals surface area contributed by atoms with Gasteiger partial charge in [0.2, 0.25) is 0 Å². The second kappa shape index (κ2) is 6.07. The molecule has 2 rings (SSSR count). The van der Waals surface area contributed by atoms with Crippen LogP contribution >= 0.6 is 27.5 Å². The lowest BCUT2D eigenvalue weighted by Gasteiger charge is -2.19. The van der Waals surface area contributed by atoms with Gasteiger partial charge in [-0.25, -0.2) is 0 Å². The summed E-state index contributed by atoms with van der Waals surface area (Å²) in [6, 6.07) is 5.65. The van der Waals surface area contributed by atoms with Crippen LogP contribution in [0.25, 0.3) is 0 Å². The summed E-state index contributed by atoms with van der Waals surface area (Å²) in [4.78, 5) is 11.4. The van der Waals surface area contributed by atoms with E-state index in [-0.39, 0.29) is 5.92 Å². The first-order chi connectivity index (χ1) is 8.58. The van der Waals surface area contributed by atoms with Crippen LogP contribution in [0.15, 0.2) is 22.7 Å². The smallest absolute Gasteiger partial charge is 0.307 e. The average molecular weight is 332 g/mol. The molecule has 0 spiro atoms. The minimum atomic E-state index is -0.694. The van der Waals surface area contributed by atoms with Crippen molar-refractivity contribution in [3.8, 4) is 0 Å². The summed E-state index contributed by atoms with van der Waals surface area (Å²) in [5.41, 5.74) is 0.930. The third-order valence-corrected chi connectivity index (χ3v) is 4.59. The number of halogens is 2. The van der Waals surface area contributed by atoms with E-state index < -0.39 is 5.97 Å². The lowest BCUT2D eigenvalue weighted by molar-refractivity contribution is -0.143. The summed E-state index contributed by atoms with van der Waals surface area (Å²) in [6.45, 7) is 0. The lowest BCUT2D eigenvalue weighted by Crippen LogP contribution is -2.24. The molecule has 1 aliphatic carbocycles. The quantitative estimate of drug-likeness (QED) is 0.879. The Bertz CT molecular complexity index is 441. The SMILES string of the molecule is O=C(O)C(Cc1ccc(Br)cc1Cl)C1CCCC1. The number of carbonyl (C=O) groups is 1. The van der Waals surface area contributed by atoms with Gasteiger partial charge in [0, 0.05) is 9.50 Å². The van der Waals surface area contributed by atoms with Crippen molar-refractivity contribution in [3.63, 3.8) is 0 Å². The number of hydrogen-bond donors (Lipinski definition) is 1. The maximum absolute atomic E-state index is 11.4. The van der Waals surface area contributed by atoms with Crippen LogP contribution in [0.1, 0.15) is 31.2 Å². The fourth-order valence-corrected chi connectivity index (χ4v) is 3.49. The molecule has 0 bridgehead atoms. The summed E-state index contributed by atoms with van der Waals surface area (Å²) in [7, 11) is 0. The zero-order chi connectivity index (χ0) is 13.1. The molecular weight excluding hydrogens is 316 g/mol. The third-order valence-electron chi connectivity index (χ3n) is 3.74. The Morgan fingerprint density at radius 3 is 2.67 bits per heavy atom. The molecular formula is C14H16BrClO2. The molecule has 0 aliphatic heterocycles. The summed E-state index contributed by atoms with van der Waals surface area (Å²) in [5, 5.41) is 10.0. The van der Waals surface area contributed by atoms with Gasteiger partial charge in [-0.1, -0.05) is 46.4 Å². The van der Waals surface area contributed by atoms with Crippen LogP contribution in [0.3, 0.4) is 0 Å². The van der Waals surface area contributed by atoms with Crippen molar-refractivity contribution in [2.24, 2.45) is 11.8 Å². The summed E-state index contributed by atoms with van der Waals surface area (Å²) in [5.74, 6) is -0.686. The second-order valence-electron chi connectivity index (χ2n) is 4.93. The molecule has 0 heterocycles.